The topological polar surface area (TPSA) is 67.1 Å². The first-order chi connectivity index (χ1) is 12.2. The highest BCUT2D eigenvalue weighted by atomic mass is 35.5. The molecule has 1 saturated carbocycles. The van der Waals surface area contributed by atoms with Crippen LogP contribution in [0.3, 0.4) is 0 Å². The molecule has 26 heavy (non-hydrogen) atoms. The molecule has 6 nitrogen and oxygen atoms in total. The van der Waals surface area contributed by atoms with E-state index < -0.39 is 11.2 Å². The molecule has 3 heterocycles. The van der Waals surface area contributed by atoms with Gasteiger partial charge >= 0.3 is 6.09 Å². The van der Waals surface area contributed by atoms with E-state index in [0.717, 1.165) is 5.52 Å². The van der Waals surface area contributed by atoms with E-state index in [2.05, 4.69) is 4.98 Å². The van der Waals surface area contributed by atoms with Gasteiger partial charge in [0.15, 0.2) is 0 Å². The number of fused-ring (bicyclic) bond motifs is 2. The summed E-state index contributed by atoms with van der Waals surface area (Å²) < 4.78 is 7.35. The second-order valence-corrected chi connectivity index (χ2v) is 8.97. The zero-order valence-electron chi connectivity index (χ0n) is 15.3. The number of likely N-dealkylation sites (tertiary alicyclic amines) is 1. The van der Waals surface area contributed by atoms with Crippen LogP contribution in [-0.2, 0) is 10.3 Å². The number of rotatable bonds is 1. The van der Waals surface area contributed by atoms with Gasteiger partial charge in [0.25, 0.3) is 0 Å². The number of carbonyl (C=O) groups excluding carboxylic acids is 1. The molecule has 2 atom stereocenters. The van der Waals surface area contributed by atoms with Gasteiger partial charge in [-0.25, -0.2) is 9.78 Å². The molecule has 1 aliphatic heterocycles. The number of halogens is 1. The standard InChI is InChI=1S/C19H24ClN3O3/c1-18(2,3)26-17(24)22-9-12-6-19(25,7-13(12)10-22)16-15(20)5-4-14-8-21-11-23(14)16/h4-5,8,11-13,25H,6-7,9-10H2,1-3H3/t12-,13-/m1/s1. The summed E-state index contributed by atoms with van der Waals surface area (Å²) in [5.41, 5.74) is 0.102. The van der Waals surface area contributed by atoms with Crippen LogP contribution in [0.4, 0.5) is 4.79 Å². The summed E-state index contributed by atoms with van der Waals surface area (Å²) in [5, 5.41) is 12.0. The van der Waals surface area contributed by atoms with Crippen LogP contribution >= 0.6 is 11.6 Å². The van der Waals surface area contributed by atoms with Crippen molar-refractivity contribution in [1.29, 1.82) is 0 Å². The highest BCUT2D eigenvalue weighted by Gasteiger charge is 2.52. The van der Waals surface area contributed by atoms with E-state index in [1.54, 1.807) is 17.4 Å². The average molecular weight is 378 g/mol. The molecular weight excluding hydrogens is 354 g/mol. The molecular formula is C19H24ClN3O3. The number of ether oxygens (including phenoxy) is 1. The van der Waals surface area contributed by atoms with Crippen LogP contribution in [0.1, 0.15) is 39.3 Å². The van der Waals surface area contributed by atoms with Crippen molar-refractivity contribution in [3.8, 4) is 0 Å². The van der Waals surface area contributed by atoms with Gasteiger partial charge in [0, 0.05) is 13.1 Å². The Kier molecular flexibility index (Phi) is 3.97. The van der Waals surface area contributed by atoms with Crippen LogP contribution in [0.25, 0.3) is 5.52 Å². The van der Waals surface area contributed by atoms with E-state index in [4.69, 9.17) is 16.3 Å². The van der Waals surface area contributed by atoms with Gasteiger partial charge in [-0.1, -0.05) is 11.6 Å². The zero-order chi connectivity index (χ0) is 18.7. The minimum atomic E-state index is -1.01. The van der Waals surface area contributed by atoms with Crippen molar-refractivity contribution in [2.75, 3.05) is 13.1 Å². The summed E-state index contributed by atoms with van der Waals surface area (Å²) in [7, 11) is 0. The minimum absolute atomic E-state index is 0.238. The monoisotopic (exact) mass is 377 g/mol. The van der Waals surface area contributed by atoms with Crippen molar-refractivity contribution in [3.05, 3.63) is 35.4 Å². The van der Waals surface area contributed by atoms with E-state index in [0.29, 0.717) is 36.6 Å². The Hall–Kier alpha value is -1.79. The fraction of sp³-hybridized carbons (Fsp3) is 0.579. The molecule has 0 unspecified atom stereocenters. The summed E-state index contributed by atoms with van der Waals surface area (Å²) in [6, 6.07) is 3.70. The predicted molar refractivity (Wildman–Crippen MR) is 98.1 cm³/mol. The number of pyridine rings is 1. The smallest absolute Gasteiger partial charge is 0.410 e. The van der Waals surface area contributed by atoms with Gasteiger partial charge in [0.2, 0.25) is 0 Å². The molecule has 2 fully saturated rings. The lowest BCUT2D eigenvalue weighted by Crippen LogP contribution is -2.37. The molecule has 0 spiro atoms. The number of aromatic nitrogens is 2. The summed E-state index contributed by atoms with van der Waals surface area (Å²) in [6.07, 6.45) is 4.33. The van der Waals surface area contributed by atoms with Gasteiger partial charge < -0.3 is 14.7 Å². The minimum Gasteiger partial charge on any atom is -0.444 e. The summed E-state index contributed by atoms with van der Waals surface area (Å²) in [4.78, 5) is 18.3. The molecule has 2 aromatic heterocycles. The van der Waals surface area contributed by atoms with Crippen LogP contribution in [0.2, 0.25) is 5.02 Å². The van der Waals surface area contributed by atoms with Crippen molar-refractivity contribution in [3.63, 3.8) is 0 Å². The molecule has 0 aromatic carbocycles. The van der Waals surface area contributed by atoms with Gasteiger partial charge in [-0.3, -0.25) is 4.40 Å². The number of aliphatic hydroxyl groups is 1. The van der Waals surface area contributed by atoms with Crippen molar-refractivity contribution < 1.29 is 14.6 Å². The van der Waals surface area contributed by atoms with Gasteiger partial charge in [-0.05, 0) is 57.6 Å². The lowest BCUT2D eigenvalue weighted by molar-refractivity contribution is 0.0132. The fourth-order valence-electron chi connectivity index (χ4n) is 4.44. The number of carbonyl (C=O) groups is 1. The quantitative estimate of drug-likeness (QED) is 0.826. The van der Waals surface area contributed by atoms with Crippen molar-refractivity contribution in [1.82, 2.24) is 14.3 Å². The first kappa shape index (κ1) is 17.6. The maximum atomic E-state index is 12.3. The number of amides is 1. The Morgan fingerprint density at radius 2 is 1.96 bits per heavy atom. The molecule has 1 aliphatic carbocycles. The van der Waals surface area contributed by atoms with Gasteiger partial charge in [0.1, 0.15) is 11.2 Å². The lowest BCUT2D eigenvalue weighted by atomic mass is 9.94. The first-order valence-electron chi connectivity index (χ1n) is 8.98. The Bertz CT molecular complexity index is 843. The fourth-order valence-corrected chi connectivity index (χ4v) is 4.77. The SMILES string of the molecule is CC(C)(C)OC(=O)N1C[C@H]2CC(O)(c3c(Cl)ccc4cncn34)C[C@@H]2C1. The van der Waals surface area contributed by atoms with Crippen LogP contribution < -0.4 is 0 Å². The number of hydrogen-bond donors (Lipinski definition) is 1. The maximum Gasteiger partial charge on any atom is 0.410 e. The van der Waals surface area contributed by atoms with Gasteiger partial charge in [0.05, 0.1) is 28.8 Å². The van der Waals surface area contributed by atoms with Crippen LogP contribution in [-0.4, -0.2) is 44.2 Å². The maximum absolute atomic E-state index is 12.3. The van der Waals surface area contributed by atoms with E-state index in [1.807, 2.05) is 37.3 Å². The Morgan fingerprint density at radius 3 is 2.58 bits per heavy atom. The molecule has 4 rings (SSSR count). The van der Waals surface area contributed by atoms with E-state index in [1.165, 1.54) is 0 Å². The predicted octanol–water partition coefficient (Wildman–Crippen LogP) is 3.45. The normalized spacial score (nSPS) is 24.9. The van der Waals surface area contributed by atoms with E-state index in [-0.39, 0.29) is 17.9 Å². The van der Waals surface area contributed by atoms with Crippen molar-refractivity contribution >= 4 is 23.2 Å². The molecule has 2 aromatic rings. The molecule has 1 saturated heterocycles. The second-order valence-electron chi connectivity index (χ2n) is 8.56. The Balaban J connectivity index is 1.55. The largest absolute Gasteiger partial charge is 0.444 e. The molecule has 0 radical (unpaired) electrons. The van der Waals surface area contributed by atoms with Gasteiger partial charge in [-0.15, -0.1) is 0 Å². The number of imidazole rings is 1. The van der Waals surface area contributed by atoms with Crippen LogP contribution in [0.15, 0.2) is 24.7 Å². The molecule has 7 heteroatoms. The highest BCUT2D eigenvalue weighted by molar-refractivity contribution is 6.31. The van der Waals surface area contributed by atoms with Crippen molar-refractivity contribution in [2.24, 2.45) is 11.8 Å². The van der Waals surface area contributed by atoms with Crippen LogP contribution in [0, 0.1) is 11.8 Å². The highest BCUT2D eigenvalue weighted by Crippen LogP contribution is 2.50. The summed E-state index contributed by atoms with van der Waals surface area (Å²) >= 11 is 6.45. The third-order valence-corrected chi connectivity index (χ3v) is 5.71. The average Bonchev–Trinajstić information content (AvgIpc) is 3.17. The number of nitrogens with zero attached hydrogens (tertiary/aromatic N) is 3. The van der Waals surface area contributed by atoms with Gasteiger partial charge in [-0.2, -0.15) is 0 Å². The lowest BCUT2D eigenvalue weighted by Gasteiger charge is -2.29. The second kappa shape index (κ2) is 5.86. The Morgan fingerprint density at radius 1 is 1.31 bits per heavy atom. The third kappa shape index (κ3) is 2.95. The number of hydrogen-bond acceptors (Lipinski definition) is 4. The molecule has 0 bridgehead atoms. The third-order valence-electron chi connectivity index (χ3n) is 5.40. The zero-order valence-corrected chi connectivity index (χ0v) is 16.0. The summed E-state index contributed by atoms with van der Waals surface area (Å²) in [5.74, 6) is 0.477. The van der Waals surface area contributed by atoms with Crippen molar-refractivity contribution in [2.45, 2.75) is 44.8 Å². The molecule has 2 aliphatic rings. The molecule has 1 amide bonds. The van der Waals surface area contributed by atoms with Crippen LogP contribution in [0.5, 0.6) is 0 Å². The Labute approximate surface area is 157 Å². The van der Waals surface area contributed by atoms with E-state index in [9.17, 15) is 9.90 Å². The molecule has 1 N–H and O–H groups in total. The first-order valence-corrected chi connectivity index (χ1v) is 9.35. The molecule has 140 valence electrons. The van der Waals surface area contributed by atoms with E-state index >= 15 is 0 Å². The summed E-state index contributed by atoms with van der Waals surface area (Å²) in [6.45, 7) is 6.83.